The minimum atomic E-state index is -0.173. The molecule has 3 heterocycles. The molecule has 33 heavy (non-hydrogen) atoms. The van der Waals surface area contributed by atoms with Crippen LogP contribution >= 0.6 is 0 Å². The van der Waals surface area contributed by atoms with Crippen LogP contribution in [0.5, 0.6) is 0 Å². The maximum Gasteiger partial charge on any atom is 0.256 e. The second-order valence-electron chi connectivity index (χ2n) is 9.87. The molecule has 0 spiro atoms. The molecule has 1 fully saturated rings. The summed E-state index contributed by atoms with van der Waals surface area (Å²) in [6.07, 6.45) is 2.19. The normalized spacial score (nSPS) is 19.4. The van der Waals surface area contributed by atoms with Gasteiger partial charge >= 0.3 is 0 Å². The molecule has 3 aromatic rings. The molecule has 2 aromatic heterocycles. The van der Waals surface area contributed by atoms with E-state index in [0.717, 1.165) is 25.3 Å². The fraction of sp³-hybridized carbons (Fsp3) is 0.423. The summed E-state index contributed by atoms with van der Waals surface area (Å²) in [6.45, 7) is 13.2. The van der Waals surface area contributed by atoms with Crippen molar-refractivity contribution in [1.82, 2.24) is 19.7 Å². The van der Waals surface area contributed by atoms with E-state index in [0.29, 0.717) is 17.2 Å². The lowest BCUT2D eigenvalue weighted by Crippen LogP contribution is -2.44. The SMILES string of the molecule is CC1CN(Cc2ccc(C(=O)Nc3cc(C(C)(C)C)nn3-c3ccccn3)cc2)CC(C)O1. The van der Waals surface area contributed by atoms with E-state index in [2.05, 4.69) is 49.8 Å². The van der Waals surface area contributed by atoms with Crippen LogP contribution in [0.25, 0.3) is 5.82 Å². The van der Waals surface area contributed by atoms with Gasteiger partial charge in [0.15, 0.2) is 5.82 Å². The molecule has 1 aliphatic rings. The Kier molecular flexibility index (Phi) is 6.63. The topological polar surface area (TPSA) is 72.3 Å². The van der Waals surface area contributed by atoms with Crippen molar-refractivity contribution in [3.8, 4) is 5.82 Å². The van der Waals surface area contributed by atoms with Gasteiger partial charge in [0.1, 0.15) is 5.82 Å². The number of carbonyl (C=O) groups excluding carboxylic acids is 1. The third-order valence-corrected chi connectivity index (χ3v) is 5.70. The number of benzene rings is 1. The molecule has 4 rings (SSSR count). The van der Waals surface area contributed by atoms with Gasteiger partial charge in [0.2, 0.25) is 0 Å². The zero-order chi connectivity index (χ0) is 23.6. The zero-order valence-corrected chi connectivity index (χ0v) is 20.1. The Labute approximate surface area is 195 Å². The number of pyridine rings is 1. The molecular weight excluding hydrogens is 414 g/mol. The molecule has 2 unspecified atom stereocenters. The first kappa shape index (κ1) is 23.1. The van der Waals surface area contributed by atoms with Gasteiger partial charge in [0.25, 0.3) is 5.91 Å². The molecule has 174 valence electrons. The van der Waals surface area contributed by atoms with Crippen LogP contribution in [-0.4, -0.2) is 50.9 Å². The number of hydrogen-bond donors (Lipinski definition) is 1. The first-order chi connectivity index (χ1) is 15.7. The first-order valence-electron chi connectivity index (χ1n) is 11.5. The summed E-state index contributed by atoms with van der Waals surface area (Å²) in [7, 11) is 0. The number of carbonyl (C=O) groups is 1. The van der Waals surface area contributed by atoms with Gasteiger partial charge < -0.3 is 10.1 Å². The van der Waals surface area contributed by atoms with E-state index >= 15 is 0 Å². The number of amides is 1. The van der Waals surface area contributed by atoms with Crippen LogP contribution in [0, 0.1) is 0 Å². The smallest absolute Gasteiger partial charge is 0.256 e. The van der Waals surface area contributed by atoms with Gasteiger partial charge in [0.05, 0.1) is 17.9 Å². The van der Waals surface area contributed by atoms with Crippen LogP contribution in [0.4, 0.5) is 5.82 Å². The largest absolute Gasteiger partial charge is 0.373 e. The third-order valence-electron chi connectivity index (χ3n) is 5.70. The average molecular weight is 448 g/mol. The van der Waals surface area contributed by atoms with Crippen molar-refractivity contribution in [2.75, 3.05) is 18.4 Å². The lowest BCUT2D eigenvalue weighted by Gasteiger charge is -2.35. The van der Waals surface area contributed by atoms with Gasteiger partial charge in [-0.05, 0) is 43.7 Å². The molecular formula is C26H33N5O2. The number of rotatable bonds is 5. The van der Waals surface area contributed by atoms with Crippen molar-refractivity contribution in [3.05, 3.63) is 71.5 Å². The third kappa shape index (κ3) is 5.67. The Hall–Kier alpha value is -3.03. The van der Waals surface area contributed by atoms with Gasteiger partial charge in [0, 0.05) is 42.9 Å². The van der Waals surface area contributed by atoms with Gasteiger partial charge in [-0.3, -0.25) is 9.69 Å². The Balaban J connectivity index is 1.50. The molecule has 7 heteroatoms. The highest BCUT2D eigenvalue weighted by molar-refractivity contribution is 6.04. The summed E-state index contributed by atoms with van der Waals surface area (Å²) in [5.41, 5.74) is 2.51. The fourth-order valence-corrected chi connectivity index (χ4v) is 4.11. The molecule has 0 saturated carbocycles. The number of nitrogens with zero attached hydrogens (tertiary/aromatic N) is 4. The second-order valence-corrected chi connectivity index (χ2v) is 9.87. The zero-order valence-electron chi connectivity index (χ0n) is 20.1. The van der Waals surface area contributed by atoms with Crippen LogP contribution in [-0.2, 0) is 16.7 Å². The molecule has 1 aliphatic heterocycles. The van der Waals surface area contributed by atoms with Crippen LogP contribution in [0.1, 0.15) is 56.2 Å². The number of ether oxygens (including phenoxy) is 1. The number of aromatic nitrogens is 3. The van der Waals surface area contributed by atoms with E-state index < -0.39 is 0 Å². The maximum atomic E-state index is 13.0. The summed E-state index contributed by atoms with van der Waals surface area (Å²) >= 11 is 0. The summed E-state index contributed by atoms with van der Waals surface area (Å²) in [5, 5.41) is 7.74. The fourth-order valence-electron chi connectivity index (χ4n) is 4.11. The van der Waals surface area contributed by atoms with Crippen molar-refractivity contribution in [2.24, 2.45) is 0 Å². The minimum absolute atomic E-state index is 0.157. The standard InChI is InChI=1S/C26H33N5O2/c1-18-15-30(16-19(2)33-18)17-20-9-11-21(12-10-20)25(32)28-24-14-22(26(3,4)5)29-31(24)23-8-6-7-13-27-23/h6-14,18-19H,15-17H2,1-5H3,(H,28,32). The molecule has 0 aliphatic carbocycles. The van der Waals surface area contributed by atoms with Crippen LogP contribution in [0.2, 0.25) is 0 Å². The Morgan fingerprint density at radius 2 is 1.79 bits per heavy atom. The summed E-state index contributed by atoms with van der Waals surface area (Å²) in [4.78, 5) is 19.8. The van der Waals surface area contributed by atoms with Crippen molar-refractivity contribution in [2.45, 2.75) is 58.8 Å². The Bertz CT molecular complexity index is 1080. The van der Waals surface area contributed by atoms with Crippen molar-refractivity contribution in [3.63, 3.8) is 0 Å². The minimum Gasteiger partial charge on any atom is -0.373 e. The Morgan fingerprint density at radius 1 is 1.09 bits per heavy atom. The average Bonchev–Trinajstić information content (AvgIpc) is 3.18. The summed E-state index contributed by atoms with van der Waals surface area (Å²) in [6, 6.07) is 15.4. The number of anilines is 1. The van der Waals surface area contributed by atoms with E-state index in [4.69, 9.17) is 9.84 Å². The van der Waals surface area contributed by atoms with Crippen LogP contribution in [0.3, 0.4) is 0 Å². The number of nitrogens with one attached hydrogen (secondary N) is 1. The highest BCUT2D eigenvalue weighted by atomic mass is 16.5. The lowest BCUT2D eigenvalue weighted by atomic mass is 9.92. The highest BCUT2D eigenvalue weighted by Gasteiger charge is 2.23. The van der Waals surface area contributed by atoms with Crippen molar-refractivity contribution >= 4 is 11.7 Å². The number of morpholine rings is 1. The molecule has 1 aromatic carbocycles. The Morgan fingerprint density at radius 3 is 2.39 bits per heavy atom. The highest BCUT2D eigenvalue weighted by Crippen LogP contribution is 2.26. The molecule has 0 bridgehead atoms. The van der Waals surface area contributed by atoms with Crippen LogP contribution in [0.15, 0.2) is 54.7 Å². The van der Waals surface area contributed by atoms with E-state index in [1.165, 1.54) is 5.56 Å². The van der Waals surface area contributed by atoms with Crippen molar-refractivity contribution < 1.29 is 9.53 Å². The van der Waals surface area contributed by atoms with E-state index in [1.807, 2.05) is 48.5 Å². The molecule has 0 radical (unpaired) electrons. The van der Waals surface area contributed by atoms with E-state index in [9.17, 15) is 4.79 Å². The second kappa shape index (κ2) is 9.45. The first-order valence-corrected chi connectivity index (χ1v) is 11.5. The van der Waals surface area contributed by atoms with E-state index in [1.54, 1.807) is 10.9 Å². The van der Waals surface area contributed by atoms with E-state index in [-0.39, 0.29) is 23.5 Å². The molecule has 1 N–H and O–H groups in total. The maximum absolute atomic E-state index is 13.0. The molecule has 1 amide bonds. The van der Waals surface area contributed by atoms with Gasteiger partial charge in [-0.15, -0.1) is 0 Å². The quantitative estimate of drug-likeness (QED) is 0.627. The summed E-state index contributed by atoms with van der Waals surface area (Å²) in [5.74, 6) is 1.09. The van der Waals surface area contributed by atoms with Crippen LogP contribution < -0.4 is 5.32 Å². The monoisotopic (exact) mass is 447 g/mol. The lowest BCUT2D eigenvalue weighted by molar-refractivity contribution is -0.0704. The molecule has 2 atom stereocenters. The van der Waals surface area contributed by atoms with Gasteiger partial charge in [-0.1, -0.05) is 39.0 Å². The predicted molar refractivity (Wildman–Crippen MR) is 130 cm³/mol. The van der Waals surface area contributed by atoms with Gasteiger partial charge in [-0.25, -0.2) is 4.98 Å². The van der Waals surface area contributed by atoms with Crippen molar-refractivity contribution in [1.29, 1.82) is 0 Å². The summed E-state index contributed by atoms with van der Waals surface area (Å²) < 4.78 is 7.51. The molecule has 1 saturated heterocycles. The predicted octanol–water partition coefficient (Wildman–Crippen LogP) is 4.43. The molecule has 7 nitrogen and oxygen atoms in total. The van der Waals surface area contributed by atoms with Gasteiger partial charge in [-0.2, -0.15) is 9.78 Å². The number of hydrogen-bond acceptors (Lipinski definition) is 5.